The number of amides is 1. The van der Waals surface area contributed by atoms with Crippen molar-refractivity contribution in [2.75, 3.05) is 6.61 Å². The Hall–Kier alpha value is -2.69. The zero-order valence-corrected chi connectivity index (χ0v) is 12.0. The van der Waals surface area contributed by atoms with E-state index in [1.54, 1.807) is 13.1 Å². The summed E-state index contributed by atoms with van der Waals surface area (Å²) < 4.78 is 5.36. The van der Waals surface area contributed by atoms with Crippen LogP contribution in [0.2, 0.25) is 0 Å². The maximum absolute atomic E-state index is 11.7. The van der Waals surface area contributed by atoms with Crippen molar-refractivity contribution in [2.45, 2.75) is 13.8 Å². The van der Waals surface area contributed by atoms with Crippen LogP contribution in [0.5, 0.6) is 5.75 Å². The molecule has 1 aromatic carbocycles. The molecule has 0 aliphatic heterocycles. The fourth-order valence-corrected chi connectivity index (χ4v) is 1.60. The molecular weight excluding hydrogens is 266 g/mol. The number of aryl methyl sites for hydroxylation is 1. The molecule has 1 amide bonds. The van der Waals surface area contributed by atoms with E-state index >= 15 is 0 Å². The number of pyridine rings is 1. The van der Waals surface area contributed by atoms with Crippen LogP contribution in [-0.2, 0) is 4.79 Å². The van der Waals surface area contributed by atoms with Crippen LogP contribution < -0.4 is 10.2 Å². The van der Waals surface area contributed by atoms with Gasteiger partial charge < -0.3 is 4.74 Å². The molecule has 0 atom stereocenters. The fraction of sp³-hybridized carbons (Fsp3) is 0.188. The lowest BCUT2D eigenvalue weighted by Crippen LogP contribution is -2.25. The van der Waals surface area contributed by atoms with Gasteiger partial charge in [-0.05, 0) is 38.1 Å². The Kier molecular flexibility index (Phi) is 5.04. The largest absolute Gasteiger partial charge is 0.484 e. The standard InChI is InChI=1S/C16H17N3O2/c1-12-6-8-14(9-7-12)21-11-16(20)19-18-13(2)15-5-3-4-10-17-15/h3-10H,11H2,1-2H3,(H,19,20)/b18-13+. The summed E-state index contributed by atoms with van der Waals surface area (Å²) in [5.41, 5.74) is 4.95. The summed E-state index contributed by atoms with van der Waals surface area (Å²) in [7, 11) is 0. The van der Waals surface area contributed by atoms with Crippen molar-refractivity contribution in [3.8, 4) is 5.75 Å². The smallest absolute Gasteiger partial charge is 0.277 e. The number of carbonyl (C=O) groups is 1. The molecule has 1 heterocycles. The second-order valence-electron chi connectivity index (χ2n) is 4.55. The average Bonchev–Trinajstić information content (AvgIpc) is 2.53. The molecule has 0 fully saturated rings. The molecule has 2 rings (SSSR count). The lowest BCUT2D eigenvalue weighted by atomic mass is 10.2. The number of aromatic nitrogens is 1. The van der Waals surface area contributed by atoms with Crippen molar-refractivity contribution in [1.29, 1.82) is 0 Å². The Bertz CT molecular complexity index is 622. The molecule has 0 spiro atoms. The van der Waals surface area contributed by atoms with Crippen molar-refractivity contribution >= 4 is 11.6 Å². The normalized spacial score (nSPS) is 11.0. The first-order chi connectivity index (χ1) is 10.1. The van der Waals surface area contributed by atoms with Gasteiger partial charge in [-0.2, -0.15) is 5.10 Å². The molecule has 2 aromatic rings. The molecule has 21 heavy (non-hydrogen) atoms. The van der Waals surface area contributed by atoms with Gasteiger partial charge in [0.15, 0.2) is 6.61 Å². The molecule has 5 heteroatoms. The van der Waals surface area contributed by atoms with Gasteiger partial charge in [0.25, 0.3) is 5.91 Å². The van der Waals surface area contributed by atoms with Crippen molar-refractivity contribution in [2.24, 2.45) is 5.10 Å². The lowest BCUT2D eigenvalue weighted by molar-refractivity contribution is -0.123. The minimum atomic E-state index is -0.314. The highest BCUT2D eigenvalue weighted by molar-refractivity contribution is 5.97. The second-order valence-corrected chi connectivity index (χ2v) is 4.55. The Morgan fingerprint density at radius 1 is 1.24 bits per heavy atom. The highest BCUT2D eigenvalue weighted by Gasteiger charge is 2.03. The van der Waals surface area contributed by atoms with Crippen LogP contribution in [0.3, 0.4) is 0 Å². The number of rotatable bonds is 5. The first-order valence-electron chi connectivity index (χ1n) is 6.59. The zero-order chi connectivity index (χ0) is 15.1. The van der Waals surface area contributed by atoms with Crippen molar-refractivity contribution in [1.82, 2.24) is 10.4 Å². The number of hydrogen-bond donors (Lipinski definition) is 1. The van der Waals surface area contributed by atoms with E-state index in [0.29, 0.717) is 11.5 Å². The minimum Gasteiger partial charge on any atom is -0.484 e. The highest BCUT2D eigenvalue weighted by atomic mass is 16.5. The van der Waals surface area contributed by atoms with Gasteiger partial charge in [-0.3, -0.25) is 9.78 Å². The van der Waals surface area contributed by atoms with E-state index in [1.807, 2.05) is 49.4 Å². The maximum atomic E-state index is 11.7. The summed E-state index contributed by atoms with van der Waals surface area (Å²) in [5.74, 6) is 0.340. The van der Waals surface area contributed by atoms with Crippen LogP contribution in [0.15, 0.2) is 53.8 Å². The van der Waals surface area contributed by atoms with Gasteiger partial charge >= 0.3 is 0 Å². The van der Waals surface area contributed by atoms with Crippen LogP contribution >= 0.6 is 0 Å². The minimum absolute atomic E-state index is 0.0813. The van der Waals surface area contributed by atoms with E-state index in [4.69, 9.17) is 4.74 Å². The molecule has 1 aromatic heterocycles. The van der Waals surface area contributed by atoms with Crippen LogP contribution in [0.25, 0.3) is 0 Å². The van der Waals surface area contributed by atoms with Gasteiger partial charge in [-0.25, -0.2) is 5.43 Å². The summed E-state index contributed by atoms with van der Waals surface area (Å²) in [5, 5.41) is 4.00. The van der Waals surface area contributed by atoms with Crippen molar-refractivity contribution in [3.63, 3.8) is 0 Å². The quantitative estimate of drug-likeness (QED) is 0.676. The van der Waals surface area contributed by atoms with Gasteiger partial charge in [0, 0.05) is 6.20 Å². The molecule has 108 valence electrons. The van der Waals surface area contributed by atoms with Crippen LogP contribution in [0.1, 0.15) is 18.2 Å². The number of hydrazone groups is 1. The number of ether oxygens (including phenoxy) is 1. The zero-order valence-electron chi connectivity index (χ0n) is 12.0. The van der Waals surface area contributed by atoms with Crippen LogP contribution in [0, 0.1) is 6.92 Å². The van der Waals surface area contributed by atoms with Gasteiger partial charge in [0.1, 0.15) is 5.75 Å². The monoisotopic (exact) mass is 283 g/mol. The molecular formula is C16H17N3O2. The van der Waals surface area contributed by atoms with E-state index in [2.05, 4.69) is 15.5 Å². The number of benzene rings is 1. The SMILES string of the molecule is C/C(=N\NC(=O)COc1ccc(C)cc1)c1ccccn1. The third kappa shape index (κ3) is 4.72. The van der Waals surface area contributed by atoms with Gasteiger partial charge in [-0.1, -0.05) is 23.8 Å². The molecule has 0 unspecified atom stereocenters. The Balaban J connectivity index is 1.83. The predicted molar refractivity (Wildman–Crippen MR) is 81.3 cm³/mol. The third-order valence-corrected chi connectivity index (χ3v) is 2.77. The topological polar surface area (TPSA) is 63.6 Å². The molecule has 1 N–H and O–H groups in total. The summed E-state index contributed by atoms with van der Waals surface area (Å²) in [6, 6.07) is 13.0. The predicted octanol–water partition coefficient (Wildman–Crippen LogP) is 2.31. The number of hydrogen-bond acceptors (Lipinski definition) is 4. The molecule has 0 saturated carbocycles. The molecule has 0 saturated heterocycles. The van der Waals surface area contributed by atoms with E-state index in [1.165, 1.54) is 0 Å². The first kappa shape index (κ1) is 14.7. The Morgan fingerprint density at radius 3 is 2.67 bits per heavy atom. The first-order valence-corrected chi connectivity index (χ1v) is 6.59. The highest BCUT2D eigenvalue weighted by Crippen LogP contribution is 2.10. The van der Waals surface area contributed by atoms with Crippen molar-refractivity contribution < 1.29 is 9.53 Å². The van der Waals surface area contributed by atoms with E-state index in [-0.39, 0.29) is 12.5 Å². The molecule has 5 nitrogen and oxygen atoms in total. The summed E-state index contributed by atoms with van der Waals surface area (Å²) in [6.45, 7) is 3.69. The maximum Gasteiger partial charge on any atom is 0.277 e. The van der Waals surface area contributed by atoms with Gasteiger partial charge in [0.05, 0.1) is 11.4 Å². The van der Waals surface area contributed by atoms with Crippen LogP contribution in [-0.4, -0.2) is 23.2 Å². The molecule has 0 aliphatic rings. The fourth-order valence-electron chi connectivity index (χ4n) is 1.60. The molecule has 0 radical (unpaired) electrons. The number of nitrogens with zero attached hydrogens (tertiary/aromatic N) is 2. The second kappa shape index (κ2) is 7.19. The van der Waals surface area contributed by atoms with E-state index in [0.717, 1.165) is 11.3 Å². The third-order valence-electron chi connectivity index (χ3n) is 2.77. The van der Waals surface area contributed by atoms with E-state index < -0.39 is 0 Å². The van der Waals surface area contributed by atoms with E-state index in [9.17, 15) is 4.79 Å². The average molecular weight is 283 g/mol. The molecule has 0 aliphatic carbocycles. The number of carbonyl (C=O) groups excluding carboxylic acids is 1. The van der Waals surface area contributed by atoms with Gasteiger partial charge in [0.2, 0.25) is 0 Å². The Labute approximate surface area is 123 Å². The molecule has 0 bridgehead atoms. The van der Waals surface area contributed by atoms with Gasteiger partial charge in [-0.15, -0.1) is 0 Å². The van der Waals surface area contributed by atoms with Crippen molar-refractivity contribution in [3.05, 3.63) is 59.9 Å². The summed E-state index contributed by atoms with van der Waals surface area (Å²) >= 11 is 0. The Morgan fingerprint density at radius 2 is 2.00 bits per heavy atom. The van der Waals surface area contributed by atoms with Crippen LogP contribution in [0.4, 0.5) is 0 Å². The summed E-state index contributed by atoms with van der Waals surface area (Å²) in [4.78, 5) is 15.8. The number of nitrogens with one attached hydrogen (secondary N) is 1. The summed E-state index contributed by atoms with van der Waals surface area (Å²) in [6.07, 6.45) is 1.68. The lowest BCUT2D eigenvalue weighted by Gasteiger charge is -2.05.